The Morgan fingerprint density at radius 3 is 2.26 bits per heavy atom. The number of para-hydroxylation sites is 2. The maximum absolute atomic E-state index is 12.4. The molecule has 232 valence electrons. The van der Waals surface area contributed by atoms with Crippen LogP contribution in [-0.4, -0.2) is 42.6 Å². The van der Waals surface area contributed by atoms with Crippen LogP contribution in [0.25, 0.3) is 0 Å². The Labute approximate surface area is 273 Å². The Hall–Kier alpha value is -2.78. The van der Waals surface area contributed by atoms with Gasteiger partial charge in [0.05, 0.1) is 40.2 Å². The number of esters is 2. The van der Waals surface area contributed by atoms with Crippen molar-refractivity contribution < 1.29 is 19.1 Å². The summed E-state index contributed by atoms with van der Waals surface area (Å²) in [7, 11) is 0. The molecule has 0 radical (unpaired) electrons. The van der Waals surface area contributed by atoms with Crippen LogP contribution >= 0.6 is 39.1 Å². The van der Waals surface area contributed by atoms with Crippen LogP contribution in [0, 0.1) is 0 Å². The van der Waals surface area contributed by atoms with Gasteiger partial charge in [-0.25, -0.2) is 4.79 Å². The van der Waals surface area contributed by atoms with Crippen LogP contribution in [0.3, 0.4) is 0 Å². The summed E-state index contributed by atoms with van der Waals surface area (Å²) in [5.41, 5.74) is 10.1. The molecule has 0 aliphatic heterocycles. The van der Waals surface area contributed by atoms with Crippen LogP contribution in [0.15, 0.2) is 65.1 Å². The molecule has 0 atom stereocenters. The summed E-state index contributed by atoms with van der Waals surface area (Å²) in [6.45, 7) is 5.64. The number of nitrogens with zero attached hydrogens (tertiary/aromatic N) is 1. The number of carbonyl (C=O) groups is 2. The first kappa shape index (κ1) is 34.7. The summed E-state index contributed by atoms with van der Waals surface area (Å²) >= 11 is 15.5. The predicted molar refractivity (Wildman–Crippen MR) is 179 cm³/mol. The number of anilines is 3. The lowest BCUT2D eigenvalue weighted by atomic mass is 9.93. The second-order valence-electron chi connectivity index (χ2n) is 10.3. The molecule has 0 heterocycles. The third-order valence-corrected chi connectivity index (χ3v) is 8.44. The fraction of sp³-hybridized carbons (Fsp3) is 0.394. The maximum atomic E-state index is 12.4. The number of nitrogens with two attached hydrogens (primary N) is 1. The fourth-order valence-corrected chi connectivity index (χ4v) is 5.89. The minimum Gasteiger partial charge on any atom is -0.466 e. The summed E-state index contributed by atoms with van der Waals surface area (Å²) in [5.74, 6) is -0.734. The van der Waals surface area contributed by atoms with Gasteiger partial charge in [0.2, 0.25) is 0 Å². The molecular formula is C33H40BrCl2N3O4. The van der Waals surface area contributed by atoms with Gasteiger partial charge in [0, 0.05) is 36.1 Å². The van der Waals surface area contributed by atoms with Gasteiger partial charge in [-0.15, -0.1) is 0 Å². The van der Waals surface area contributed by atoms with Gasteiger partial charge in [-0.3, -0.25) is 9.69 Å². The molecule has 7 nitrogen and oxygen atoms in total. The van der Waals surface area contributed by atoms with Crippen molar-refractivity contribution in [1.29, 1.82) is 0 Å². The molecule has 1 saturated carbocycles. The summed E-state index contributed by atoms with van der Waals surface area (Å²) < 4.78 is 10.8. The van der Waals surface area contributed by atoms with E-state index in [-0.39, 0.29) is 19.2 Å². The van der Waals surface area contributed by atoms with E-state index in [9.17, 15) is 9.59 Å². The van der Waals surface area contributed by atoms with Crippen molar-refractivity contribution in [2.45, 2.75) is 65.0 Å². The van der Waals surface area contributed by atoms with Crippen molar-refractivity contribution >= 4 is 68.1 Å². The van der Waals surface area contributed by atoms with E-state index in [1.54, 1.807) is 18.2 Å². The summed E-state index contributed by atoms with van der Waals surface area (Å²) in [6.07, 6.45) is 6.79. The number of hydrogen-bond donors (Lipinski definition) is 2. The quantitative estimate of drug-likeness (QED) is 0.118. The molecule has 0 bridgehead atoms. The minimum atomic E-state index is -0.398. The van der Waals surface area contributed by atoms with E-state index in [1.807, 2.05) is 42.5 Å². The Bertz CT molecular complexity index is 1320. The molecule has 10 heteroatoms. The number of benzene rings is 3. The number of halogens is 3. The number of nitrogens with one attached hydrogen (secondary N) is 1. The summed E-state index contributed by atoms with van der Waals surface area (Å²) in [4.78, 5) is 25.6. The second-order valence-corrected chi connectivity index (χ2v) is 12.0. The van der Waals surface area contributed by atoms with Crippen LogP contribution in [0.2, 0.25) is 10.0 Å². The van der Waals surface area contributed by atoms with E-state index in [2.05, 4.69) is 33.1 Å². The van der Waals surface area contributed by atoms with Crippen molar-refractivity contribution in [3.63, 3.8) is 0 Å². The molecule has 0 spiro atoms. The van der Waals surface area contributed by atoms with Gasteiger partial charge in [0.25, 0.3) is 0 Å². The first-order valence-corrected chi connectivity index (χ1v) is 16.1. The van der Waals surface area contributed by atoms with Gasteiger partial charge in [0.15, 0.2) is 0 Å². The van der Waals surface area contributed by atoms with Crippen LogP contribution in [-0.2, 0) is 20.8 Å². The van der Waals surface area contributed by atoms with Crippen molar-refractivity contribution in [3.8, 4) is 0 Å². The highest BCUT2D eigenvalue weighted by atomic mass is 79.9. The summed E-state index contributed by atoms with van der Waals surface area (Å²) in [5, 5.41) is 4.41. The highest BCUT2D eigenvalue weighted by Gasteiger charge is 2.22. The zero-order chi connectivity index (χ0) is 31.2. The van der Waals surface area contributed by atoms with Crippen LogP contribution in [0.4, 0.5) is 17.1 Å². The van der Waals surface area contributed by atoms with E-state index < -0.39 is 5.97 Å². The lowest BCUT2D eigenvalue weighted by Crippen LogP contribution is -2.36. The number of nitrogen functional groups attached to an aromatic ring is 1. The molecular weight excluding hydrogens is 653 g/mol. The zero-order valence-electron chi connectivity index (χ0n) is 24.7. The lowest BCUT2D eigenvalue weighted by molar-refractivity contribution is -0.141. The maximum Gasteiger partial charge on any atom is 0.338 e. The van der Waals surface area contributed by atoms with E-state index >= 15 is 0 Å². The smallest absolute Gasteiger partial charge is 0.338 e. The van der Waals surface area contributed by atoms with Crippen LogP contribution in [0.5, 0.6) is 0 Å². The lowest BCUT2D eigenvalue weighted by Gasteiger charge is -2.34. The molecule has 3 aromatic rings. The molecule has 0 unspecified atom stereocenters. The molecule has 0 aromatic heterocycles. The first-order valence-electron chi connectivity index (χ1n) is 14.6. The first-order chi connectivity index (χ1) is 20.7. The standard InChI is InChI=1S/C21H31BrN2O4.C12H9Cl2N/c1-3-24(18-8-5-4-6-9-18)14-17-12-16(13-19(22)20(17)23)21(26)28-11-7-10-27-15(2)25;13-10-7-4-8-11(14)12(10)15-9-5-2-1-3-6-9/h12-13,18H,3-11,14,23H2,1-2H3;1-8,15H. The molecule has 43 heavy (non-hydrogen) atoms. The van der Waals surface area contributed by atoms with Gasteiger partial charge in [0.1, 0.15) is 0 Å². The average Bonchev–Trinajstić information content (AvgIpc) is 3.00. The number of rotatable bonds is 11. The number of ether oxygens (including phenoxy) is 2. The van der Waals surface area contributed by atoms with Crippen LogP contribution < -0.4 is 11.1 Å². The average molecular weight is 694 g/mol. The molecule has 1 aliphatic carbocycles. The number of hydrogen-bond acceptors (Lipinski definition) is 7. The van der Waals surface area contributed by atoms with Gasteiger partial charge in [-0.2, -0.15) is 0 Å². The molecule has 0 saturated heterocycles. The normalized spacial score (nSPS) is 13.2. The number of carbonyl (C=O) groups excluding carboxylic acids is 2. The van der Waals surface area contributed by atoms with Crippen molar-refractivity contribution in [1.82, 2.24) is 4.90 Å². The highest BCUT2D eigenvalue weighted by molar-refractivity contribution is 9.10. The molecule has 4 rings (SSSR count). The SMILES string of the molecule is CCN(Cc1cc(C(=O)OCCCOC(C)=O)cc(Br)c1N)C1CCCCC1.Clc1cccc(Cl)c1Nc1ccccc1. The highest BCUT2D eigenvalue weighted by Crippen LogP contribution is 2.32. The summed E-state index contributed by atoms with van der Waals surface area (Å²) in [6, 6.07) is 19.3. The Kier molecular flexibility index (Phi) is 14.6. The zero-order valence-corrected chi connectivity index (χ0v) is 27.8. The van der Waals surface area contributed by atoms with Gasteiger partial charge in [-0.1, -0.05) is 73.7 Å². The third-order valence-electron chi connectivity index (χ3n) is 7.15. The predicted octanol–water partition coefficient (Wildman–Crippen LogP) is 9.03. The molecule has 3 N–H and O–H groups in total. The fourth-order valence-electron chi connectivity index (χ4n) is 4.89. The van der Waals surface area contributed by atoms with Crippen molar-refractivity contribution in [3.05, 3.63) is 86.3 Å². The molecule has 1 fully saturated rings. The van der Waals surface area contributed by atoms with Gasteiger partial charge >= 0.3 is 11.9 Å². The van der Waals surface area contributed by atoms with Gasteiger partial charge < -0.3 is 20.5 Å². The van der Waals surface area contributed by atoms with Crippen LogP contribution in [0.1, 0.15) is 68.3 Å². The minimum absolute atomic E-state index is 0.201. The molecule has 3 aromatic carbocycles. The molecule has 1 aliphatic rings. The Morgan fingerprint density at radius 1 is 0.977 bits per heavy atom. The van der Waals surface area contributed by atoms with E-state index in [1.165, 1.54) is 39.0 Å². The van der Waals surface area contributed by atoms with E-state index in [0.29, 0.717) is 38.2 Å². The van der Waals surface area contributed by atoms with Gasteiger partial charge in [-0.05, 0) is 77.3 Å². The largest absolute Gasteiger partial charge is 0.466 e. The van der Waals surface area contributed by atoms with E-state index in [0.717, 1.165) is 30.0 Å². The topological polar surface area (TPSA) is 93.9 Å². The molecule has 0 amide bonds. The van der Waals surface area contributed by atoms with Crippen molar-refractivity contribution in [2.24, 2.45) is 0 Å². The van der Waals surface area contributed by atoms with E-state index in [4.69, 9.17) is 38.4 Å². The Balaban J connectivity index is 0.000000282. The second kappa shape index (κ2) is 18.1. The third kappa shape index (κ3) is 11.3. The monoisotopic (exact) mass is 691 g/mol. The van der Waals surface area contributed by atoms with Crippen molar-refractivity contribution in [2.75, 3.05) is 30.8 Å². The Morgan fingerprint density at radius 2 is 1.63 bits per heavy atom.